The molecule has 0 aromatic heterocycles. The van der Waals surface area contributed by atoms with Crippen molar-refractivity contribution in [3.05, 3.63) is 70.7 Å². The number of nitrogens with one attached hydrogen (secondary N) is 1. The number of hydrogen-bond donors (Lipinski definition) is 1. The Morgan fingerprint density at radius 2 is 1.52 bits per heavy atom. The number of carbonyl (C=O) groups excluding carboxylic acids is 2. The minimum absolute atomic E-state index is 0.345. The molecule has 5 heteroatoms. The first-order chi connectivity index (χ1) is 10.8. The van der Waals surface area contributed by atoms with Crippen LogP contribution in [0.5, 0.6) is 0 Å². The summed E-state index contributed by atoms with van der Waals surface area (Å²) in [5.41, 5.74) is 2.90. The second kappa shape index (κ2) is 6.84. The average molecular weight is 331 g/mol. The number of benzene rings is 2. The molecule has 0 spiro atoms. The molecule has 0 radical (unpaired) electrons. The SMILES string of the molecule is CC(C)(C)N(NC(=O)c1ccccc1)C(=O)c1ccccc1Cl. The van der Waals surface area contributed by atoms with Crippen molar-refractivity contribution in [2.75, 3.05) is 0 Å². The fourth-order valence-corrected chi connectivity index (χ4v) is 2.25. The molecule has 0 aliphatic heterocycles. The molecule has 0 fully saturated rings. The minimum atomic E-state index is -0.610. The number of nitrogens with zero attached hydrogens (tertiary/aromatic N) is 1. The van der Waals surface area contributed by atoms with Crippen molar-refractivity contribution < 1.29 is 9.59 Å². The molecule has 0 aliphatic rings. The number of hydrogen-bond acceptors (Lipinski definition) is 2. The third kappa shape index (κ3) is 4.11. The highest BCUT2D eigenvalue weighted by Crippen LogP contribution is 2.21. The molecule has 1 N–H and O–H groups in total. The van der Waals surface area contributed by atoms with Crippen molar-refractivity contribution in [3.8, 4) is 0 Å². The van der Waals surface area contributed by atoms with E-state index in [2.05, 4.69) is 5.43 Å². The van der Waals surface area contributed by atoms with Gasteiger partial charge in [0.05, 0.1) is 16.1 Å². The molecule has 2 rings (SSSR count). The fraction of sp³-hybridized carbons (Fsp3) is 0.222. The Bertz CT molecular complexity index is 708. The van der Waals surface area contributed by atoms with Crippen LogP contribution >= 0.6 is 11.6 Å². The van der Waals surface area contributed by atoms with E-state index >= 15 is 0 Å². The molecule has 0 saturated carbocycles. The van der Waals surface area contributed by atoms with Gasteiger partial charge in [0.25, 0.3) is 11.8 Å². The molecule has 2 amide bonds. The molecule has 0 saturated heterocycles. The summed E-state index contributed by atoms with van der Waals surface area (Å²) in [6.07, 6.45) is 0. The zero-order valence-corrected chi connectivity index (χ0v) is 14.1. The molecule has 23 heavy (non-hydrogen) atoms. The van der Waals surface area contributed by atoms with Gasteiger partial charge in [-0.25, -0.2) is 5.01 Å². The largest absolute Gasteiger partial charge is 0.274 e. The quantitative estimate of drug-likeness (QED) is 0.848. The third-order valence-electron chi connectivity index (χ3n) is 3.23. The minimum Gasteiger partial charge on any atom is -0.267 e. The molecule has 0 bridgehead atoms. The van der Waals surface area contributed by atoms with Crippen molar-refractivity contribution in [2.24, 2.45) is 0 Å². The highest BCUT2D eigenvalue weighted by Gasteiger charge is 2.30. The molecule has 0 heterocycles. The Morgan fingerprint density at radius 3 is 2.09 bits per heavy atom. The predicted octanol–water partition coefficient (Wildman–Crippen LogP) is 3.93. The molecule has 2 aromatic carbocycles. The molecule has 2 aromatic rings. The topological polar surface area (TPSA) is 49.4 Å². The van der Waals surface area contributed by atoms with Crippen LogP contribution < -0.4 is 5.43 Å². The summed E-state index contributed by atoms with van der Waals surface area (Å²) in [5, 5.41) is 1.66. The van der Waals surface area contributed by atoms with Crippen molar-refractivity contribution in [3.63, 3.8) is 0 Å². The lowest BCUT2D eigenvalue weighted by Crippen LogP contribution is -2.55. The van der Waals surface area contributed by atoms with Crippen LogP contribution in [0.4, 0.5) is 0 Å². The van der Waals surface area contributed by atoms with Gasteiger partial charge in [0.2, 0.25) is 0 Å². The highest BCUT2D eigenvalue weighted by molar-refractivity contribution is 6.33. The first-order valence-electron chi connectivity index (χ1n) is 7.26. The van der Waals surface area contributed by atoms with E-state index in [-0.39, 0.29) is 11.8 Å². The van der Waals surface area contributed by atoms with E-state index in [1.54, 1.807) is 48.5 Å². The summed E-state index contributed by atoms with van der Waals surface area (Å²) in [7, 11) is 0. The first-order valence-corrected chi connectivity index (χ1v) is 7.63. The molecule has 120 valence electrons. The Kier molecular flexibility index (Phi) is 5.06. The fourth-order valence-electron chi connectivity index (χ4n) is 2.03. The van der Waals surface area contributed by atoms with Crippen molar-refractivity contribution in [1.82, 2.24) is 10.4 Å². The van der Waals surface area contributed by atoms with E-state index in [1.165, 1.54) is 5.01 Å². The van der Waals surface area contributed by atoms with Crippen LogP contribution in [0.1, 0.15) is 41.5 Å². The number of rotatable bonds is 2. The van der Waals surface area contributed by atoms with Crippen molar-refractivity contribution in [2.45, 2.75) is 26.3 Å². The summed E-state index contributed by atoms with van der Waals surface area (Å²) in [4.78, 5) is 25.2. The average Bonchev–Trinajstić information content (AvgIpc) is 2.52. The van der Waals surface area contributed by atoms with Gasteiger partial charge < -0.3 is 0 Å². The number of carbonyl (C=O) groups is 2. The van der Waals surface area contributed by atoms with Crippen LogP contribution in [0.15, 0.2) is 54.6 Å². The van der Waals surface area contributed by atoms with Gasteiger partial charge in [-0.2, -0.15) is 0 Å². The van der Waals surface area contributed by atoms with E-state index in [9.17, 15) is 9.59 Å². The van der Waals surface area contributed by atoms with Crippen LogP contribution in [-0.2, 0) is 0 Å². The lowest BCUT2D eigenvalue weighted by molar-refractivity contribution is 0.0359. The summed E-state index contributed by atoms with van der Waals surface area (Å²) in [5.74, 6) is -0.701. The summed E-state index contributed by atoms with van der Waals surface area (Å²) >= 11 is 6.11. The zero-order valence-electron chi connectivity index (χ0n) is 13.3. The molecule has 0 unspecified atom stereocenters. The van der Waals surface area contributed by atoms with Gasteiger partial charge in [0.15, 0.2) is 0 Å². The Morgan fingerprint density at radius 1 is 0.957 bits per heavy atom. The second-order valence-corrected chi connectivity index (χ2v) is 6.51. The molecule has 0 aliphatic carbocycles. The maximum absolute atomic E-state index is 12.8. The monoisotopic (exact) mass is 330 g/mol. The van der Waals surface area contributed by atoms with Gasteiger partial charge in [0.1, 0.15) is 0 Å². The lowest BCUT2D eigenvalue weighted by Gasteiger charge is -2.35. The Balaban J connectivity index is 2.30. The predicted molar refractivity (Wildman–Crippen MR) is 91.3 cm³/mol. The van der Waals surface area contributed by atoms with Crippen molar-refractivity contribution >= 4 is 23.4 Å². The standard InChI is InChI=1S/C18H19ClN2O2/c1-18(2,3)21(17(23)14-11-7-8-12-15(14)19)20-16(22)13-9-5-4-6-10-13/h4-12H,1-3H3,(H,20,22). The van der Waals surface area contributed by atoms with E-state index in [1.807, 2.05) is 26.8 Å². The first kappa shape index (κ1) is 17.0. The van der Waals surface area contributed by atoms with Gasteiger partial charge in [-0.1, -0.05) is 41.9 Å². The lowest BCUT2D eigenvalue weighted by atomic mass is 10.1. The van der Waals surface area contributed by atoms with Crippen LogP contribution in [-0.4, -0.2) is 22.4 Å². The van der Waals surface area contributed by atoms with Gasteiger partial charge in [-0.05, 0) is 45.0 Å². The number of amides is 2. The van der Waals surface area contributed by atoms with Crippen LogP contribution in [0, 0.1) is 0 Å². The zero-order chi connectivity index (χ0) is 17.0. The summed E-state index contributed by atoms with van der Waals surface area (Å²) in [6.45, 7) is 5.52. The van der Waals surface area contributed by atoms with Gasteiger partial charge in [-0.3, -0.25) is 15.0 Å². The maximum atomic E-state index is 12.8. The molecular weight excluding hydrogens is 312 g/mol. The van der Waals surface area contributed by atoms with Crippen LogP contribution in [0.25, 0.3) is 0 Å². The van der Waals surface area contributed by atoms with Crippen LogP contribution in [0.3, 0.4) is 0 Å². The Labute approximate surface area is 141 Å². The molecule has 0 atom stereocenters. The summed E-state index contributed by atoms with van der Waals surface area (Å²) in [6, 6.07) is 15.5. The van der Waals surface area contributed by atoms with Gasteiger partial charge in [0, 0.05) is 5.56 Å². The smallest absolute Gasteiger partial charge is 0.267 e. The van der Waals surface area contributed by atoms with E-state index in [4.69, 9.17) is 11.6 Å². The van der Waals surface area contributed by atoms with Gasteiger partial charge >= 0.3 is 0 Å². The normalized spacial score (nSPS) is 11.0. The number of hydrazine groups is 1. The van der Waals surface area contributed by atoms with E-state index < -0.39 is 5.54 Å². The molecular formula is C18H19ClN2O2. The summed E-state index contributed by atoms with van der Waals surface area (Å²) < 4.78 is 0. The van der Waals surface area contributed by atoms with Crippen LogP contribution in [0.2, 0.25) is 5.02 Å². The maximum Gasteiger partial charge on any atom is 0.274 e. The number of halogens is 1. The Hall–Kier alpha value is -2.33. The highest BCUT2D eigenvalue weighted by atomic mass is 35.5. The van der Waals surface area contributed by atoms with E-state index in [0.717, 1.165) is 0 Å². The second-order valence-electron chi connectivity index (χ2n) is 6.10. The third-order valence-corrected chi connectivity index (χ3v) is 3.56. The van der Waals surface area contributed by atoms with Crippen molar-refractivity contribution in [1.29, 1.82) is 0 Å². The molecule has 4 nitrogen and oxygen atoms in total. The van der Waals surface area contributed by atoms with E-state index in [0.29, 0.717) is 16.1 Å². The van der Waals surface area contributed by atoms with Gasteiger partial charge in [-0.15, -0.1) is 0 Å².